The third kappa shape index (κ3) is 4.44. The molecule has 1 aromatic carbocycles. The number of likely N-dealkylation sites (tertiary alicyclic amines) is 1. The quantitative estimate of drug-likeness (QED) is 0.555. The summed E-state index contributed by atoms with van der Waals surface area (Å²) in [6.45, 7) is 4.11. The molecule has 4 rings (SSSR count). The normalized spacial score (nSPS) is 19.3. The summed E-state index contributed by atoms with van der Waals surface area (Å²) in [5.41, 5.74) is 0.948. The second kappa shape index (κ2) is 8.48. The van der Waals surface area contributed by atoms with Gasteiger partial charge in [0.25, 0.3) is 0 Å². The van der Waals surface area contributed by atoms with E-state index in [9.17, 15) is 18.3 Å². The summed E-state index contributed by atoms with van der Waals surface area (Å²) in [4.78, 5) is 21.9. The summed E-state index contributed by atoms with van der Waals surface area (Å²) in [5, 5.41) is 13.9. The molecule has 0 aliphatic carbocycles. The first-order chi connectivity index (χ1) is 14.9. The van der Waals surface area contributed by atoms with Crippen LogP contribution in [0.5, 0.6) is 0 Å². The van der Waals surface area contributed by atoms with Gasteiger partial charge in [-0.05, 0) is 24.1 Å². The molecule has 31 heavy (non-hydrogen) atoms. The zero-order chi connectivity index (χ0) is 22.0. The maximum atomic E-state index is 13.0. The molecule has 2 aromatic heterocycles. The molecule has 0 bridgehead atoms. The van der Waals surface area contributed by atoms with E-state index in [-0.39, 0.29) is 29.9 Å². The molecule has 9 nitrogen and oxygen atoms in total. The third-order valence-corrected chi connectivity index (χ3v) is 6.79. The fourth-order valence-corrected chi connectivity index (χ4v) is 5.21. The van der Waals surface area contributed by atoms with Crippen molar-refractivity contribution >= 4 is 32.8 Å². The summed E-state index contributed by atoms with van der Waals surface area (Å²) in [7, 11) is -3.68. The van der Waals surface area contributed by atoms with E-state index in [1.165, 1.54) is 23.5 Å². The second-order valence-corrected chi connectivity index (χ2v) is 9.34. The Morgan fingerprint density at radius 3 is 2.74 bits per heavy atom. The van der Waals surface area contributed by atoms with Crippen LogP contribution >= 0.6 is 0 Å². The molecule has 0 radical (unpaired) electrons. The number of carbonyl (C=O) groups is 1. The molecule has 1 aliphatic rings. The largest absolute Gasteiger partial charge is 0.391 e. The van der Waals surface area contributed by atoms with Crippen molar-refractivity contribution in [1.29, 1.82) is 0 Å². The van der Waals surface area contributed by atoms with Crippen LogP contribution in [0.3, 0.4) is 0 Å². The average Bonchev–Trinajstić information content (AvgIpc) is 3.19. The van der Waals surface area contributed by atoms with Crippen LogP contribution in [0.4, 0.5) is 5.82 Å². The number of fused-ring (bicyclic) bond motifs is 1. The minimum atomic E-state index is -3.68. The number of rotatable bonds is 6. The summed E-state index contributed by atoms with van der Waals surface area (Å²) >= 11 is 0. The van der Waals surface area contributed by atoms with Gasteiger partial charge in [-0.25, -0.2) is 22.4 Å². The Bertz CT molecular complexity index is 1210. The molecule has 1 saturated heterocycles. The van der Waals surface area contributed by atoms with Crippen LogP contribution in [0, 0.1) is 0 Å². The number of piperidine rings is 1. The van der Waals surface area contributed by atoms with Gasteiger partial charge < -0.3 is 15.3 Å². The zero-order valence-corrected chi connectivity index (χ0v) is 17.6. The third-order valence-electron chi connectivity index (χ3n) is 5.20. The molecule has 2 atom stereocenters. The van der Waals surface area contributed by atoms with Crippen molar-refractivity contribution < 1.29 is 18.3 Å². The highest BCUT2D eigenvalue weighted by atomic mass is 32.2. The predicted molar refractivity (Wildman–Crippen MR) is 117 cm³/mol. The molecule has 1 amide bonds. The van der Waals surface area contributed by atoms with E-state index in [1.807, 2.05) is 6.07 Å². The first-order valence-corrected chi connectivity index (χ1v) is 11.4. The van der Waals surface area contributed by atoms with E-state index in [2.05, 4.69) is 21.9 Å². The Labute approximate surface area is 180 Å². The standard InChI is InChI=1S/C21H23N5O4S/c1-2-19(28)25-11-16(10-17(27)12-25)24-20-18-8-9-26(21(18)23-14-22-20)31(29,30)13-15-6-4-3-5-7-15/h2-9,14,16-17,27H,1,10-13H2,(H,22,23,24)/t16-,17+/m1/s1. The highest BCUT2D eigenvalue weighted by Crippen LogP contribution is 2.25. The number of nitrogens with zero attached hydrogens (tertiary/aromatic N) is 4. The van der Waals surface area contributed by atoms with E-state index in [1.54, 1.807) is 30.3 Å². The highest BCUT2D eigenvalue weighted by Gasteiger charge is 2.29. The van der Waals surface area contributed by atoms with Gasteiger partial charge in [0.1, 0.15) is 12.1 Å². The first kappa shape index (κ1) is 21.0. The SMILES string of the molecule is C=CC(=O)N1C[C@@H](O)C[C@@H](Nc2ncnc3c2ccn3S(=O)(=O)Cc2ccccc2)C1. The van der Waals surface area contributed by atoms with E-state index in [0.717, 1.165) is 3.97 Å². The monoisotopic (exact) mass is 441 g/mol. The molecule has 3 aromatic rings. The van der Waals surface area contributed by atoms with Crippen LogP contribution < -0.4 is 5.32 Å². The molecule has 1 aliphatic heterocycles. The lowest BCUT2D eigenvalue weighted by atomic mass is 10.0. The maximum absolute atomic E-state index is 13.0. The summed E-state index contributed by atoms with van der Waals surface area (Å²) in [6.07, 6.45) is 3.73. The molecule has 2 N–H and O–H groups in total. The number of anilines is 1. The molecule has 0 spiro atoms. The lowest BCUT2D eigenvalue weighted by Gasteiger charge is -2.35. The summed E-state index contributed by atoms with van der Waals surface area (Å²) in [6, 6.07) is 10.3. The number of benzene rings is 1. The van der Waals surface area contributed by atoms with Crippen molar-refractivity contribution in [2.45, 2.75) is 24.3 Å². The van der Waals surface area contributed by atoms with Crippen molar-refractivity contribution in [2.24, 2.45) is 0 Å². The lowest BCUT2D eigenvalue weighted by molar-refractivity contribution is -0.129. The Hall–Kier alpha value is -3.24. The highest BCUT2D eigenvalue weighted by molar-refractivity contribution is 7.89. The zero-order valence-electron chi connectivity index (χ0n) is 16.8. The molecule has 1 fully saturated rings. The Morgan fingerprint density at radius 2 is 2.00 bits per heavy atom. The van der Waals surface area contributed by atoms with Crippen molar-refractivity contribution in [3.63, 3.8) is 0 Å². The van der Waals surface area contributed by atoms with Crippen molar-refractivity contribution in [2.75, 3.05) is 18.4 Å². The number of aliphatic hydroxyl groups excluding tert-OH is 1. The number of aliphatic hydroxyl groups is 1. The minimum Gasteiger partial charge on any atom is -0.391 e. The number of β-amino-alcohol motifs (C(OH)–C–C–N with tert-alkyl or cyclic N) is 1. The molecule has 162 valence electrons. The van der Waals surface area contributed by atoms with Gasteiger partial charge in [0.2, 0.25) is 15.9 Å². The number of nitrogens with one attached hydrogen (secondary N) is 1. The van der Waals surface area contributed by atoms with Crippen LogP contribution in [0.25, 0.3) is 11.0 Å². The van der Waals surface area contributed by atoms with Gasteiger partial charge in [0.05, 0.1) is 17.2 Å². The topological polar surface area (TPSA) is 117 Å². The van der Waals surface area contributed by atoms with Gasteiger partial charge in [-0.3, -0.25) is 4.79 Å². The van der Waals surface area contributed by atoms with Gasteiger partial charge in [0.15, 0.2) is 5.65 Å². The molecular weight excluding hydrogens is 418 g/mol. The summed E-state index contributed by atoms with van der Waals surface area (Å²) in [5.74, 6) is 0.0398. The molecular formula is C21H23N5O4S. The van der Waals surface area contributed by atoms with Crippen LogP contribution in [-0.2, 0) is 20.6 Å². The van der Waals surface area contributed by atoms with E-state index in [4.69, 9.17) is 0 Å². The Morgan fingerprint density at radius 1 is 1.23 bits per heavy atom. The van der Waals surface area contributed by atoms with Crippen LogP contribution in [-0.4, -0.2) is 63.5 Å². The number of aromatic nitrogens is 3. The van der Waals surface area contributed by atoms with E-state index >= 15 is 0 Å². The Balaban J connectivity index is 1.60. The Kier molecular flexibility index (Phi) is 5.75. The minimum absolute atomic E-state index is 0.155. The second-order valence-electron chi connectivity index (χ2n) is 7.49. The number of hydrogen-bond acceptors (Lipinski definition) is 7. The van der Waals surface area contributed by atoms with Gasteiger partial charge in [-0.1, -0.05) is 36.9 Å². The van der Waals surface area contributed by atoms with Crippen LogP contribution in [0.2, 0.25) is 0 Å². The molecule has 0 saturated carbocycles. The van der Waals surface area contributed by atoms with E-state index < -0.39 is 16.1 Å². The first-order valence-electron chi connectivity index (χ1n) is 9.82. The number of amides is 1. The van der Waals surface area contributed by atoms with Crippen molar-refractivity contribution in [3.8, 4) is 0 Å². The predicted octanol–water partition coefficient (Wildman–Crippen LogP) is 1.37. The number of hydrogen-bond donors (Lipinski definition) is 2. The van der Waals surface area contributed by atoms with Gasteiger partial charge >= 0.3 is 0 Å². The van der Waals surface area contributed by atoms with E-state index in [0.29, 0.717) is 29.7 Å². The maximum Gasteiger partial charge on any atom is 0.246 e. The molecule has 3 heterocycles. The summed E-state index contributed by atoms with van der Waals surface area (Å²) < 4.78 is 27.1. The number of carbonyl (C=O) groups excluding carboxylic acids is 1. The van der Waals surface area contributed by atoms with Crippen molar-refractivity contribution in [1.82, 2.24) is 18.8 Å². The average molecular weight is 442 g/mol. The van der Waals surface area contributed by atoms with Crippen LogP contribution in [0.15, 0.2) is 61.6 Å². The van der Waals surface area contributed by atoms with Crippen LogP contribution in [0.1, 0.15) is 12.0 Å². The van der Waals surface area contributed by atoms with Gasteiger partial charge in [0, 0.05) is 25.3 Å². The van der Waals surface area contributed by atoms with Crippen molar-refractivity contribution in [3.05, 3.63) is 67.1 Å². The lowest BCUT2D eigenvalue weighted by Crippen LogP contribution is -2.50. The molecule has 0 unspecified atom stereocenters. The molecule has 10 heteroatoms. The fourth-order valence-electron chi connectivity index (χ4n) is 3.80. The van der Waals surface area contributed by atoms with Gasteiger partial charge in [-0.2, -0.15) is 0 Å². The smallest absolute Gasteiger partial charge is 0.246 e. The van der Waals surface area contributed by atoms with Gasteiger partial charge in [-0.15, -0.1) is 0 Å². The fraction of sp³-hybridized carbons (Fsp3) is 0.286.